The molecule has 2 rings (SSSR count). The van der Waals surface area contributed by atoms with Crippen LogP contribution in [0, 0.1) is 5.82 Å². The van der Waals surface area contributed by atoms with Gasteiger partial charge in [-0.25, -0.2) is 9.37 Å². The summed E-state index contributed by atoms with van der Waals surface area (Å²) in [5.41, 5.74) is 4.09. The van der Waals surface area contributed by atoms with Crippen LogP contribution in [0.3, 0.4) is 0 Å². The van der Waals surface area contributed by atoms with Crippen LogP contribution in [0.25, 0.3) is 0 Å². The second-order valence-electron chi connectivity index (χ2n) is 4.37. The number of anilines is 1. The van der Waals surface area contributed by atoms with Crippen LogP contribution in [0.1, 0.15) is 16.1 Å². The molecule has 0 atom stereocenters. The Hall–Kier alpha value is -2.47. The van der Waals surface area contributed by atoms with Gasteiger partial charge in [-0.2, -0.15) is 0 Å². The van der Waals surface area contributed by atoms with Crippen molar-refractivity contribution in [2.24, 2.45) is 5.84 Å². The minimum absolute atomic E-state index is 0.238. The highest BCUT2D eigenvalue weighted by Crippen LogP contribution is 2.10. The SMILES string of the molecule is CN(Cc1cccc(F)c1)C(=O)c1ccc(NN)cn1. The molecule has 0 saturated carbocycles. The first-order chi connectivity index (χ1) is 9.60. The standard InChI is InChI=1S/C14H15FN4O/c1-19(9-10-3-2-4-11(15)7-10)14(20)13-6-5-12(18-16)8-17-13/h2-8,18H,9,16H2,1H3. The van der Waals surface area contributed by atoms with Gasteiger partial charge in [-0.05, 0) is 29.8 Å². The average Bonchev–Trinajstić information content (AvgIpc) is 2.46. The van der Waals surface area contributed by atoms with Gasteiger partial charge in [-0.3, -0.25) is 10.6 Å². The Labute approximate surface area is 116 Å². The fourth-order valence-corrected chi connectivity index (χ4v) is 1.78. The van der Waals surface area contributed by atoms with E-state index in [9.17, 15) is 9.18 Å². The number of nitrogen functional groups attached to an aromatic ring is 1. The lowest BCUT2D eigenvalue weighted by Gasteiger charge is -2.17. The van der Waals surface area contributed by atoms with Crippen LogP contribution < -0.4 is 11.3 Å². The van der Waals surface area contributed by atoms with Crippen LogP contribution in [-0.4, -0.2) is 22.8 Å². The molecule has 3 N–H and O–H groups in total. The number of hydrogen-bond donors (Lipinski definition) is 2. The van der Waals surface area contributed by atoms with Crippen molar-refractivity contribution in [3.63, 3.8) is 0 Å². The van der Waals surface area contributed by atoms with Gasteiger partial charge < -0.3 is 10.3 Å². The lowest BCUT2D eigenvalue weighted by molar-refractivity contribution is 0.0779. The number of aromatic nitrogens is 1. The van der Waals surface area contributed by atoms with Gasteiger partial charge in [0.15, 0.2) is 0 Å². The highest BCUT2D eigenvalue weighted by molar-refractivity contribution is 5.92. The number of nitrogens with one attached hydrogen (secondary N) is 1. The monoisotopic (exact) mass is 274 g/mol. The fraction of sp³-hybridized carbons (Fsp3) is 0.143. The van der Waals surface area contributed by atoms with E-state index in [4.69, 9.17) is 5.84 Å². The van der Waals surface area contributed by atoms with Crippen molar-refractivity contribution in [3.05, 3.63) is 59.7 Å². The van der Waals surface area contributed by atoms with E-state index in [1.54, 1.807) is 31.3 Å². The molecular weight excluding hydrogens is 259 g/mol. The summed E-state index contributed by atoms with van der Waals surface area (Å²) in [5.74, 6) is 4.67. The normalized spacial score (nSPS) is 10.2. The van der Waals surface area contributed by atoms with Crippen LogP contribution >= 0.6 is 0 Å². The molecule has 0 radical (unpaired) electrons. The average molecular weight is 274 g/mol. The number of nitrogens with zero attached hydrogens (tertiary/aromatic N) is 2. The first-order valence-electron chi connectivity index (χ1n) is 6.02. The molecule has 1 aromatic carbocycles. The molecule has 5 nitrogen and oxygen atoms in total. The maximum absolute atomic E-state index is 13.1. The third-order valence-corrected chi connectivity index (χ3v) is 2.80. The van der Waals surface area contributed by atoms with Crippen LogP contribution in [0.4, 0.5) is 10.1 Å². The van der Waals surface area contributed by atoms with E-state index < -0.39 is 0 Å². The molecule has 20 heavy (non-hydrogen) atoms. The van der Waals surface area contributed by atoms with Crippen molar-refractivity contribution in [2.75, 3.05) is 12.5 Å². The van der Waals surface area contributed by atoms with E-state index in [0.717, 1.165) is 5.56 Å². The van der Waals surface area contributed by atoms with Crippen LogP contribution in [0.15, 0.2) is 42.6 Å². The summed E-state index contributed by atoms with van der Waals surface area (Å²) in [6.07, 6.45) is 1.48. The van der Waals surface area contributed by atoms with Gasteiger partial charge in [0.05, 0.1) is 11.9 Å². The number of nitrogens with two attached hydrogens (primary N) is 1. The van der Waals surface area contributed by atoms with E-state index in [0.29, 0.717) is 17.9 Å². The topological polar surface area (TPSA) is 71.2 Å². The largest absolute Gasteiger partial charge is 0.336 e. The lowest BCUT2D eigenvalue weighted by Crippen LogP contribution is -2.27. The molecule has 0 bridgehead atoms. The molecule has 0 aliphatic heterocycles. The lowest BCUT2D eigenvalue weighted by atomic mass is 10.2. The quantitative estimate of drug-likeness (QED) is 0.658. The Morgan fingerprint density at radius 2 is 2.20 bits per heavy atom. The molecule has 2 aromatic rings. The summed E-state index contributed by atoms with van der Waals surface area (Å²) in [7, 11) is 1.64. The predicted octanol–water partition coefficient (Wildman–Crippen LogP) is 1.78. The predicted molar refractivity (Wildman–Crippen MR) is 74.2 cm³/mol. The van der Waals surface area contributed by atoms with Crippen molar-refractivity contribution in [1.82, 2.24) is 9.88 Å². The van der Waals surface area contributed by atoms with Crippen molar-refractivity contribution in [2.45, 2.75) is 6.54 Å². The van der Waals surface area contributed by atoms with E-state index in [1.807, 2.05) is 0 Å². The Kier molecular flexibility index (Phi) is 4.27. The molecule has 1 aromatic heterocycles. The summed E-state index contributed by atoms with van der Waals surface area (Å²) in [4.78, 5) is 17.7. The summed E-state index contributed by atoms with van der Waals surface area (Å²) in [6, 6.07) is 9.39. The van der Waals surface area contributed by atoms with Crippen LogP contribution in [0.2, 0.25) is 0 Å². The minimum Gasteiger partial charge on any atom is -0.336 e. The van der Waals surface area contributed by atoms with E-state index in [-0.39, 0.29) is 11.7 Å². The summed E-state index contributed by atoms with van der Waals surface area (Å²) in [6.45, 7) is 0.315. The van der Waals surface area contributed by atoms with Gasteiger partial charge >= 0.3 is 0 Å². The Balaban J connectivity index is 2.07. The molecule has 0 saturated heterocycles. The van der Waals surface area contributed by atoms with Crippen LogP contribution in [0.5, 0.6) is 0 Å². The van der Waals surface area contributed by atoms with E-state index in [1.165, 1.54) is 23.2 Å². The van der Waals surface area contributed by atoms with E-state index in [2.05, 4.69) is 10.4 Å². The molecular formula is C14H15FN4O. The first kappa shape index (κ1) is 14.0. The van der Waals surface area contributed by atoms with Crippen molar-refractivity contribution in [1.29, 1.82) is 0 Å². The number of hydrazine groups is 1. The fourth-order valence-electron chi connectivity index (χ4n) is 1.78. The second-order valence-corrected chi connectivity index (χ2v) is 4.37. The number of benzene rings is 1. The van der Waals surface area contributed by atoms with Gasteiger partial charge in [0.25, 0.3) is 5.91 Å². The molecule has 1 amide bonds. The molecule has 0 spiro atoms. The summed E-state index contributed by atoms with van der Waals surface area (Å²) in [5, 5.41) is 0. The van der Waals surface area contributed by atoms with Gasteiger partial charge in [-0.1, -0.05) is 12.1 Å². The number of pyridine rings is 1. The summed E-state index contributed by atoms with van der Waals surface area (Å²) < 4.78 is 13.1. The van der Waals surface area contributed by atoms with Gasteiger partial charge in [0, 0.05) is 13.6 Å². The molecule has 6 heteroatoms. The van der Waals surface area contributed by atoms with Crippen molar-refractivity contribution in [3.8, 4) is 0 Å². The zero-order chi connectivity index (χ0) is 14.5. The highest BCUT2D eigenvalue weighted by atomic mass is 19.1. The number of amides is 1. The molecule has 0 fully saturated rings. The molecule has 104 valence electrons. The van der Waals surface area contributed by atoms with Gasteiger partial charge in [0.2, 0.25) is 0 Å². The maximum Gasteiger partial charge on any atom is 0.272 e. The Bertz CT molecular complexity index is 600. The first-order valence-corrected chi connectivity index (χ1v) is 6.02. The van der Waals surface area contributed by atoms with Crippen molar-refractivity contribution >= 4 is 11.6 Å². The number of rotatable bonds is 4. The molecule has 1 heterocycles. The number of halogens is 1. The van der Waals surface area contributed by atoms with E-state index >= 15 is 0 Å². The zero-order valence-corrected chi connectivity index (χ0v) is 11.0. The van der Waals surface area contributed by atoms with Gasteiger partial charge in [-0.15, -0.1) is 0 Å². The maximum atomic E-state index is 13.1. The number of carbonyl (C=O) groups is 1. The minimum atomic E-state index is -0.320. The second kappa shape index (κ2) is 6.12. The number of carbonyl (C=O) groups excluding carboxylic acids is 1. The third kappa shape index (κ3) is 3.30. The molecule has 0 aliphatic rings. The molecule has 0 unspecified atom stereocenters. The molecule has 0 aliphatic carbocycles. The summed E-state index contributed by atoms with van der Waals surface area (Å²) >= 11 is 0. The highest BCUT2D eigenvalue weighted by Gasteiger charge is 2.13. The smallest absolute Gasteiger partial charge is 0.272 e. The number of hydrogen-bond acceptors (Lipinski definition) is 4. The Morgan fingerprint density at radius 3 is 2.80 bits per heavy atom. The third-order valence-electron chi connectivity index (χ3n) is 2.80. The van der Waals surface area contributed by atoms with Gasteiger partial charge in [0.1, 0.15) is 11.5 Å². The van der Waals surface area contributed by atoms with Crippen molar-refractivity contribution < 1.29 is 9.18 Å². The zero-order valence-electron chi connectivity index (χ0n) is 11.0. The Morgan fingerprint density at radius 1 is 1.40 bits per heavy atom. The van der Waals surface area contributed by atoms with Crippen LogP contribution in [-0.2, 0) is 6.54 Å².